The first-order chi connectivity index (χ1) is 14.6. The van der Waals surface area contributed by atoms with E-state index in [2.05, 4.69) is 45.1 Å². The Balaban J connectivity index is 1.98. The van der Waals surface area contributed by atoms with Crippen molar-refractivity contribution < 1.29 is 18.9 Å². The largest absolute Gasteiger partial charge is 0.493 e. The third-order valence-corrected chi connectivity index (χ3v) is 6.84. The lowest BCUT2D eigenvalue weighted by molar-refractivity contribution is 0.266. The van der Waals surface area contributed by atoms with Gasteiger partial charge in [-0.05, 0) is 76.8 Å². The number of alkyl halides is 1. The van der Waals surface area contributed by atoms with Gasteiger partial charge in [0.2, 0.25) is 0 Å². The predicted molar refractivity (Wildman–Crippen MR) is 125 cm³/mol. The molecule has 1 unspecified atom stereocenters. The van der Waals surface area contributed by atoms with Crippen molar-refractivity contribution in [2.45, 2.75) is 25.4 Å². The molecule has 0 amide bonds. The molecule has 4 rings (SSSR count). The van der Waals surface area contributed by atoms with E-state index in [1.807, 2.05) is 6.07 Å². The smallest absolute Gasteiger partial charge is 0.161 e. The van der Waals surface area contributed by atoms with E-state index >= 15 is 0 Å². The molecule has 3 aromatic rings. The number of likely N-dealkylation sites (tertiary alicyclic amines) is 1. The number of methoxy groups -OCH3 is 4. The van der Waals surface area contributed by atoms with E-state index < -0.39 is 0 Å². The van der Waals surface area contributed by atoms with Crippen molar-refractivity contribution in [1.82, 2.24) is 4.90 Å². The van der Waals surface area contributed by atoms with Crippen molar-refractivity contribution in [1.29, 1.82) is 0 Å². The highest BCUT2D eigenvalue weighted by molar-refractivity contribution is 9.09. The number of hydrogen-bond acceptors (Lipinski definition) is 5. The Bertz CT molecular complexity index is 1070. The molecule has 0 saturated carbocycles. The molecule has 1 atom stereocenters. The lowest BCUT2D eigenvalue weighted by atomic mass is 9.95. The first-order valence-electron chi connectivity index (χ1n) is 10.2. The molecule has 0 N–H and O–H groups in total. The molecular weight excluding hydrogens is 446 g/mol. The summed E-state index contributed by atoms with van der Waals surface area (Å²) in [5.41, 5.74) is 1.28. The summed E-state index contributed by atoms with van der Waals surface area (Å²) in [5.74, 6) is 2.91. The highest BCUT2D eigenvalue weighted by Gasteiger charge is 2.25. The summed E-state index contributed by atoms with van der Waals surface area (Å²) in [5, 5.41) is 5.52. The van der Waals surface area contributed by atoms with Gasteiger partial charge in [0.05, 0.1) is 28.4 Å². The second kappa shape index (κ2) is 8.90. The lowest BCUT2D eigenvalue weighted by Crippen LogP contribution is -2.30. The SMILES string of the molecule is COc1cc2cc(CN3CCCC3CBr)c3cc(OC)c(OC)cc3c2cc1OC. The zero-order chi connectivity index (χ0) is 21.3. The van der Waals surface area contributed by atoms with E-state index in [0.29, 0.717) is 11.8 Å². The maximum Gasteiger partial charge on any atom is 0.161 e. The van der Waals surface area contributed by atoms with Gasteiger partial charge in [0.1, 0.15) is 0 Å². The van der Waals surface area contributed by atoms with Crippen LogP contribution in [0.4, 0.5) is 0 Å². The highest BCUT2D eigenvalue weighted by Crippen LogP contribution is 2.41. The Kier molecular flexibility index (Phi) is 6.25. The van der Waals surface area contributed by atoms with Crippen LogP contribution in [-0.4, -0.2) is 51.3 Å². The second-order valence-electron chi connectivity index (χ2n) is 7.64. The zero-order valence-corrected chi connectivity index (χ0v) is 19.5. The van der Waals surface area contributed by atoms with E-state index in [1.54, 1.807) is 28.4 Å². The Morgan fingerprint density at radius 1 is 0.800 bits per heavy atom. The van der Waals surface area contributed by atoms with Gasteiger partial charge in [-0.3, -0.25) is 4.90 Å². The topological polar surface area (TPSA) is 40.2 Å². The fourth-order valence-corrected chi connectivity index (χ4v) is 5.24. The van der Waals surface area contributed by atoms with Crippen LogP contribution < -0.4 is 18.9 Å². The maximum atomic E-state index is 5.61. The maximum absolute atomic E-state index is 5.61. The average molecular weight is 474 g/mol. The number of nitrogens with zero attached hydrogens (tertiary/aromatic N) is 1. The molecule has 3 aromatic carbocycles. The van der Waals surface area contributed by atoms with Crippen LogP contribution in [0.2, 0.25) is 0 Å². The molecule has 6 heteroatoms. The molecule has 1 heterocycles. The van der Waals surface area contributed by atoms with Crippen molar-refractivity contribution in [2.75, 3.05) is 40.3 Å². The Morgan fingerprint density at radius 2 is 1.37 bits per heavy atom. The molecule has 0 bridgehead atoms. The van der Waals surface area contributed by atoms with Crippen LogP contribution in [0.3, 0.4) is 0 Å². The van der Waals surface area contributed by atoms with Crippen molar-refractivity contribution in [2.24, 2.45) is 0 Å². The summed E-state index contributed by atoms with van der Waals surface area (Å²) >= 11 is 3.69. The average Bonchev–Trinajstić information content (AvgIpc) is 3.24. The van der Waals surface area contributed by atoms with Crippen LogP contribution in [0.5, 0.6) is 23.0 Å². The summed E-state index contributed by atoms with van der Waals surface area (Å²) < 4.78 is 22.3. The monoisotopic (exact) mass is 473 g/mol. The molecule has 1 aliphatic heterocycles. The Morgan fingerprint density at radius 3 is 1.97 bits per heavy atom. The van der Waals surface area contributed by atoms with Gasteiger partial charge in [-0.1, -0.05) is 15.9 Å². The summed E-state index contributed by atoms with van der Waals surface area (Å²) in [4.78, 5) is 2.56. The van der Waals surface area contributed by atoms with Gasteiger partial charge in [-0.2, -0.15) is 0 Å². The normalized spacial score (nSPS) is 16.9. The van der Waals surface area contributed by atoms with Crippen LogP contribution in [0.1, 0.15) is 18.4 Å². The lowest BCUT2D eigenvalue weighted by Gasteiger charge is -2.24. The molecular formula is C24H28BrNO4. The number of ether oxygens (including phenoxy) is 4. The van der Waals surface area contributed by atoms with Crippen molar-refractivity contribution in [3.05, 3.63) is 35.9 Å². The molecule has 0 spiro atoms. The molecule has 1 fully saturated rings. The predicted octanol–water partition coefficient (Wildman–Crippen LogP) is 5.39. The summed E-state index contributed by atoms with van der Waals surface area (Å²) in [7, 11) is 6.69. The Labute approximate surface area is 186 Å². The van der Waals surface area contributed by atoms with Crippen molar-refractivity contribution >= 4 is 37.5 Å². The van der Waals surface area contributed by atoms with Gasteiger partial charge in [-0.25, -0.2) is 0 Å². The van der Waals surface area contributed by atoms with E-state index in [0.717, 1.165) is 51.8 Å². The number of benzene rings is 3. The fraction of sp³-hybridized carbons (Fsp3) is 0.417. The van der Waals surface area contributed by atoms with Crippen LogP contribution in [-0.2, 0) is 6.54 Å². The van der Waals surface area contributed by atoms with Gasteiger partial charge < -0.3 is 18.9 Å². The molecule has 160 valence electrons. The standard InChI is InChI=1S/C24H28BrNO4/c1-27-21-9-15-8-16(14-26-7-5-6-17(26)13-25)19-11-23(29-3)24(30-4)12-20(19)18(15)10-22(21)28-2/h8-12,17H,5-7,13-14H2,1-4H3. The summed E-state index contributed by atoms with van der Waals surface area (Å²) in [6.07, 6.45) is 2.48. The second-order valence-corrected chi connectivity index (χ2v) is 8.29. The molecule has 1 saturated heterocycles. The van der Waals surface area contributed by atoms with Crippen LogP contribution in [0.25, 0.3) is 21.5 Å². The zero-order valence-electron chi connectivity index (χ0n) is 18.0. The van der Waals surface area contributed by atoms with Crippen LogP contribution in [0.15, 0.2) is 30.3 Å². The van der Waals surface area contributed by atoms with Crippen molar-refractivity contribution in [3.63, 3.8) is 0 Å². The first kappa shape index (κ1) is 21.1. The summed E-state index contributed by atoms with van der Waals surface area (Å²) in [6, 6.07) is 11.1. The van der Waals surface area contributed by atoms with Gasteiger partial charge in [0, 0.05) is 17.9 Å². The van der Waals surface area contributed by atoms with Crippen molar-refractivity contribution in [3.8, 4) is 23.0 Å². The number of fused-ring (bicyclic) bond motifs is 3. The molecule has 30 heavy (non-hydrogen) atoms. The molecule has 0 aliphatic carbocycles. The fourth-order valence-electron chi connectivity index (χ4n) is 4.51. The minimum atomic E-state index is 0.571. The van der Waals surface area contributed by atoms with Crippen LogP contribution in [0, 0.1) is 0 Å². The van der Waals surface area contributed by atoms with Gasteiger partial charge in [-0.15, -0.1) is 0 Å². The number of rotatable bonds is 7. The van der Waals surface area contributed by atoms with E-state index in [1.165, 1.54) is 23.8 Å². The minimum Gasteiger partial charge on any atom is -0.493 e. The highest BCUT2D eigenvalue weighted by atomic mass is 79.9. The third kappa shape index (κ3) is 3.67. The first-order valence-corrected chi connectivity index (χ1v) is 11.3. The van der Waals surface area contributed by atoms with Gasteiger partial charge in [0.15, 0.2) is 23.0 Å². The van der Waals surface area contributed by atoms with E-state index in [4.69, 9.17) is 18.9 Å². The van der Waals surface area contributed by atoms with Crippen LogP contribution >= 0.6 is 15.9 Å². The quantitative estimate of drug-likeness (QED) is 0.340. The third-order valence-electron chi connectivity index (χ3n) is 6.10. The molecule has 0 radical (unpaired) electrons. The number of hydrogen-bond donors (Lipinski definition) is 0. The molecule has 0 aromatic heterocycles. The minimum absolute atomic E-state index is 0.571. The van der Waals surface area contributed by atoms with E-state index in [9.17, 15) is 0 Å². The number of halogens is 1. The summed E-state index contributed by atoms with van der Waals surface area (Å²) in [6.45, 7) is 2.02. The molecule has 5 nitrogen and oxygen atoms in total. The molecule has 1 aliphatic rings. The van der Waals surface area contributed by atoms with Gasteiger partial charge >= 0.3 is 0 Å². The van der Waals surface area contributed by atoms with Gasteiger partial charge in [0.25, 0.3) is 0 Å². The van der Waals surface area contributed by atoms with E-state index in [-0.39, 0.29) is 0 Å². The Hall–Kier alpha value is -2.18.